The van der Waals surface area contributed by atoms with Crippen molar-refractivity contribution in [2.45, 2.75) is 19.6 Å². The van der Waals surface area contributed by atoms with Crippen molar-refractivity contribution in [3.05, 3.63) is 76.6 Å². The fourth-order valence-electron chi connectivity index (χ4n) is 3.95. The number of sulfone groups is 1. The second-order valence-corrected chi connectivity index (χ2v) is 10.2. The van der Waals surface area contributed by atoms with Gasteiger partial charge in [-0.3, -0.25) is 4.57 Å². The van der Waals surface area contributed by atoms with Crippen LogP contribution in [0, 0.1) is 5.82 Å². The minimum atomic E-state index is -3.64. The number of imidazole rings is 1. The SMILES string of the molecule is CCOc1cc([C@@H](CS(C)(=O)=O)n2c(=O)[nH]c3cc(-c4ccccc4F)cnc32)ccc1OC(F)F. The van der Waals surface area contributed by atoms with E-state index in [9.17, 15) is 26.4 Å². The molecule has 8 nitrogen and oxygen atoms in total. The molecular formula is C24H22F3N3O5S. The first-order valence-electron chi connectivity index (χ1n) is 10.8. The number of ether oxygens (including phenoxy) is 2. The summed E-state index contributed by atoms with van der Waals surface area (Å²) >= 11 is 0. The number of halogens is 3. The van der Waals surface area contributed by atoms with E-state index < -0.39 is 39.8 Å². The number of fused-ring (bicyclic) bond motifs is 1. The van der Waals surface area contributed by atoms with Crippen molar-refractivity contribution >= 4 is 21.0 Å². The van der Waals surface area contributed by atoms with Crippen LogP contribution in [0.1, 0.15) is 18.5 Å². The highest BCUT2D eigenvalue weighted by Gasteiger charge is 2.26. The maximum Gasteiger partial charge on any atom is 0.387 e. The molecule has 0 fully saturated rings. The van der Waals surface area contributed by atoms with Crippen LogP contribution in [0.4, 0.5) is 13.2 Å². The molecule has 4 rings (SSSR count). The number of H-pyrrole nitrogens is 1. The zero-order chi connectivity index (χ0) is 26.0. The Morgan fingerprint density at radius 3 is 2.53 bits per heavy atom. The Kier molecular flexibility index (Phi) is 7.07. The Morgan fingerprint density at radius 2 is 1.86 bits per heavy atom. The van der Waals surface area contributed by atoms with Crippen LogP contribution >= 0.6 is 0 Å². The van der Waals surface area contributed by atoms with Gasteiger partial charge in [-0.25, -0.2) is 22.6 Å². The van der Waals surface area contributed by atoms with Crippen LogP contribution < -0.4 is 15.2 Å². The molecule has 12 heteroatoms. The molecule has 0 saturated carbocycles. The van der Waals surface area contributed by atoms with Crippen LogP contribution in [0.25, 0.3) is 22.3 Å². The molecule has 4 aromatic rings. The number of rotatable bonds is 9. The van der Waals surface area contributed by atoms with E-state index in [0.717, 1.165) is 6.26 Å². The van der Waals surface area contributed by atoms with Gasteiger partial charge in [0.15, 0.2) is 17.1 Å². The van der Waals surface area contributed by atoms with Gasteiger partial charge in [0.05, 0.1) is 23.9 Å². The lowest BCUT2D eigenvalue weighted by Gasteiger charge is -2.20. The molecular weight excluding hydrogens is 499 g/mol. The van der Waals surface area contributed by atoms with Crippen molar-refractivity contribution in [1.29, 1.82) is 0 Å². The van der Waals surface area contributed by atoms with Gasteiger partial charge in [-0.2, -0.15) is 8.78 Å². The van der Waals surface area contributed by atoms with Crippen molar-refractivity contribution in [1.82, 2.24) is 14.5 Å². The van der Waals surface area contributed by atoms with Crippen LogP contribution in [-0.4, -0.2) is 48.2 Å². The van der Waals surface area contributed by atoms with E-state index in [4.69, 9.17) is 4.74 Å². The number of pyridine rings is 1. The average molecular weight is 522 g/mol. The molecule has 0 spiro atoms. The number of aromatic amines is 1. The molecule has 0 radical (unpaired) electrons. The largest absolute Gasteiger partial charge is 0.490 e. The van der Waals surface area contributed by atoms with E-state index in [1.165, 1.54) is 35.0 Å². The maximum absolute atomic E-state index is 14.3. The van der Waals surface area contributed by atoms with E-state index >= 15 is 0 Å². The molecule has 0 aliphatic heterocycles. The lowest BCUT2D eigenvalue weighted by molar-refractivity contribution is -0.0514. The zero-order valence-electron chi connectivity index (χ0n) is 19.2. The molecule has 1 atom stereocenters. The number of nitrogens with one attached hydrogen (secondary N) is 1. The Hall–Kier alpha value is -3.80. The molecule has 0 saturated heterocycles. The predicted molar refractivity (Wildman–Crippen MR) is 128 cm³/mol. The van der Waals surface area contributed by atoms with E-state index in [-0.39, 0.29) is 34.8 Å². The third-order valence-electron chi connectivity index (χ3n) is 5.38. The average Bonchev–Trinajstić information content (AvgIpc) is 3.13. The number of hydrogen-bond acceptors (Lipinski definition) is 6. The summed E-state index contributed by atoms with van der Waals surface area (Å²) in [6.07, 6.45) is 2.40. The molecule has 36 heavy (non-hydrogen) atoms. The number of nitrogens with zero attached hydrogens (tertiary/aromatic N) is 2. The zero-order valence-corrected chi connectivity index (χ0v) is 20.1. The smallest absolute Gasteiger partial charge is 0.387 e. The highest BCUT2D eigenvalue weighted by atomic mass is 32.2. The molecule has 2 aromatic carbocycles. The molecule has 1 N–H and O–H groups in total. The van der Waals surface area contributed by atoms with Gasteiger partial charge in [-0.05, 0) is 36.8 Å². The van der Waals surface area contributed by atoms with Gasteiger partial charge in [-0.15, -0.1) is 0 Å². The van der Waals surface area contributed by atoms with Gasteiger partial charge in [0, 0.05) is 23.6 Å². The Balaban J connectivity index is 1.87. The molecule has 0 amide bonds. The van der Waals surface area contributed by atoms with Crippen LogP contribution in [0.5, 0.6) is 11.5 Å². The molecule has 2 aromatic heterocycles. The fourth-order valence-corrected chi connectivity index (χ4v) is 4.86. The van der Waals surface area contributed by atoms with E-state index in [0.29, 0.717) is 11.1 Å². The van der Waals surface area contributed by atoms with Crippen molar-refractivity contribution in [2.75, 3.05) is 18.6 Å². The van der Waals surface area contributed by atoms with Gasteiger partial charge in [0.1, 0.15) is 15.7 Å². The highest BCUT2D eigenvalue weighted by Crippen LogP contribution is 2.34. The van der Waals surface area contributed by atoms with Gasteiger partial charge < -0.3 is 14.5 Å². The predicted octanol–water partition coefficient (Wildman–Crippen LogP) is 4.16. The summed E-state index contributed by atoms with van der Waals surface area (Å²) < 4.78 is 75.6. The lowest BCUT2D eigenvalue weighted by atomic mass is 10.1. The van der Waals surface area contributed by atoms with Crippen molar-refractivity contribution in [3.8, 4) is 22.6 Å². The standard InChI is InChI=1S/C24H22F3N3O5S/c1-3-34-21-11-14(8-9-20(21)35-23(26)27)19(13-36(2,32)33)30-22-18(29-24(30)31)10-15(12-28-22)16-6-4-5-7-17(16)25/h4-12,19,23H,3,13H2,1-2H3,(H,29,31)/t19-/m1/s1. The molecule has 0 aliphatic carbocycles. The fraction of sp³-hybridized carbons (Fsp3) is 0.250. The first-order valence-corrected chi connectivity index (χ1v) is 12.9. The lowest BCUT2D eigenvalue weighted by Crippen LogP contribution is -2.28. The number of hydrogen-bond donors (Lipinski definition) is 1. The summed E-state index contributed by atoms with van der Waals surface area (Å²) in [5.41, 5.74) is 0.752. The Morgan fingerprint density at radius 1 is 1.11 bits per heavy atom. The van der Waals surface area contributed by atoms with Crippen LogP contribution in [-0.2, 0) is 9.84 Å². The molecule has 2 heterocycles. The first-order chi connectivity index (χ1) is 17.1. The van der Waals surface area contributed by atoms with Crippen molar-refractivity contribution in [2.24, 2.45) is 0 Å². The summed E-state index contributed by atoms with van der Waals surface area (Å²) in [7, 11) is -3.64. The normalized spacial score (nSPS) is 12.7. The highest BCUT2D eigenvalue weighted by molar-refractivity contribution is 7.90. The van der Waals surface area contributed by atoms with Crippen molar-refractivity contribution in [3.63, 3.8) is 0 Å². The van der Waals surface area contributed by atoms with Crippen LogP contribution in [0.2, 0.25) is 0 Å². The van der Waals surface area contributed by atoms with Gasteiger partial charge >= 0.3 is 12.3 Å². The summed E-state index contributed by atoms with van der Waals surface area (Å²) in [5.74, 6) is -1.22. The second kappa shape index (κ2) is 10.1. The molecule has 190 valence electrons. The Bertz CT molecular complexity index is 1570. The number of aromatic nitrogens is 3. The minimum absolute atomic E-state index is 0.0310. The first kappa shape index (κ1) is 25.3. The molecule has 0 aliphatic rings. The maximum atomic E-state index is 14.3. The summed E-state index contributed by atoms with van der Waals surface area (Å²) in [5, 5.41) is 0. The van der Waals surface area contributed by atoms with Crippen LogP contribution in [0.3, 0.4) is 0 Å². The van der Waals surface area contributed by atoms with Gasteiger partial charge in [0.25, 0.3) is 0 Å². The van der Waals surface area contributed by atoms with E-state index in [1.807, 2.05) is 0 Å². The van der Waals surface area contributed by atoms with Gasteiger partial charge in [-0.1, -0.05) is 24.3 Å². The topological polar surface area (TPSA) is 103 Å². The number of benzene rings is 2. The third kappa shape index (κ3) is 5.38. The molecule has 0 bridgehead atoms. The molecule has 0 unspecified atom stereocenters. The Labute approximate surface area is 204 Å². The quantitative estimate of drug-likeness (QED) is 0.355. The van der Waals surface area contributed by atoms with Gasteiger partial charge in [0.2, 0.25) is 0 Å². The second-order valence-electron chi connectivity index (χ2n) is 8.00. The van der Waals surface area contributed by atoms with E-state index in [1.54, 1.807) is 31.2 Å². The van der Waals surface area contributed by atoms with Crippen molar-refractivity contribution < 1.29 is 31.1 Å². The number of alkyl halides is 2. The third-order valence-corrected chi connectivity index (χ3v) is 6.30. The summed E-state index contributed by atoms with van der Waals surface area (Å²) in [6.45, 7) is -1.31. The van der Waals surface area contributed by atoms with Crippen LogP contribution in [0.15, 0.2) is 59.5 Å². The minimum Gasteiger partial charge on any atom is -0.490 e. The monoisotopic (exact) mass is 521 g/mol. The summed E-state index contributed by atoms with van der Waals surface area (Å²) in [6, 6.07) is 10.5. The summed E-state index contributed by atoms with van der Waals surface area (Å²) in [4.78, 5) is 20.0. The van der Waals surface area contributed by atoms with E-state index in [2.05, 4.69) is 14.7 Å².